The van der Waals surface area contributed by atoms with E-state index in [4.69, 9.17) is 4.74 Å². The number of nitrogens with one attached hydrogen (secondary N) is 1. The normalized spacial score (nSPS) is 9.08. The first-order valence-corrected chi connectivity index (χ1v) is 4.24. The zero-order valence-corrected chi connectivity index (χ0v) is 7.64. The molecule has 0 aliphatic carbocycles. The van der Waals surface area contributed by atoms with E-state index in [2.05, 4.69) is 11.9 Å². The van der Waals surface area contributed by atoms with Crippen molar-refractivity contribution in [3.8, 4) is 0 Å². The Balaban J connectivity index is 3.00. The van der Waals surface area contributed by atoms with Crippen molar-refractivity contribution in [3.63, 3.8) is 0 Å². The Morgan fingerprint density at radius 1 is 1.50 bits per heavy atom. The Morgan fingerprint density at radius 2 is 2.25 bits per heavy atom. The second kappa shape index (κ2) is 8.11. The fraction of sp³-hybridized carbons (Fsp3) is 0.667. The van der Waals surface area contributed by atoms with E-state index in [1.54, 1.807) is 7.05 Å². The molecule has 0 spiro atoms. The maximum atomic E-state index is 10.7. The maximum Gasteiger partial charge on any atom is 0.219 e. The van der Waals surface area contributed by atoms with Crippen molar-refractivity contribution in [2.45, 2.75) is 25.7 Å². The molecule has 3 heteroatoms. The number of carbonyl (C=O) groups is 1. The van der Waals surface area contributed by atoms with Crippen LogP contribution in [0.2, 0.25) is 0 Å². The van der Waals surface area contributed by atoms with Crippen molar-refractivity contribution in [1.82, 2.24) is 5.32 Å². The summed E-state index contributed by atoms with van der Waals surface area (Å²) in [6, 6.07) is 0. The Labute approximate surface area is 73.8 Å². The predicted molar refractivity (Wildman–Crippen MR) is 48.7 cm³/mol. The first-order chi connectivity index (χ1) is 5.81. The summed E-state index contributed by atoms with van der Waals surface area (Å²) in [6.07, 6.45) is 5.01. The van der Waals surface area contributed by atoms with Crippen LogP contribution in [0, 0.1) is 0 Å². The average Bonchev–Trinajstić information content (AvgIpc) is 2.10. The second-order valence-electron chi connectivity index (χ2n) is 2.52. The first-order valence-electron chi connectivity index (χ1n) is 4.24. The van der Waals surface area contributed by atoms with Gasteiger partial charge < -0.3 is 10.1 Å². The summed E-state index contributed by atoms with van der Waals surface area (Å²) in [6.45, 7) is 4.14. The smallest absolute Gasteiger partial charge is 0.219 e. The molecule has 0 heterocycles. The molecule has 0 rings (SSSR count). The van der Waals surface area contributed by atoms with Crippen molar-refractivity contribution < 1.29 is 9.53 Å². The standard InChI is InChI=1S/C9H17NO2/c1-3-12-8-6-4-5-7-9(11)10-2/h3H,1,4-8H2,2H3,(H,10,11). The van der Waals surface area contributed by atoms with Crippen molar-refractivity contribution in [2.24, 2.45) is 0 Å². The minimum atomic E-state index is 0.111. The minimum absolute atomic E-state index is 0.111. The number of hydrogen-bond donors (Lipinski definition) is 1. The number of amides is 1. The lowest BCUT2D eigenvalue weighted by molar-refractivity contribution is -0.120. The molecule has 0 aromatic heterocycles. The predicted octanol–water partition coefficient (Wildman–Crippen LogP) is 1.45. The third-order valence-electron chi connectivity index (χ3n) is 1.56. The highest BCUT2D eigenvalue weighted by Gasteiger charge is 1.96. The molecule has 0 saturated carbocycles. The van der Waals surface area contributed by atoms with Crippen LogP contribution in [0.1, 0.15) is 25.7 Å². The van der Waals surface area contributed by atoms with E-state index < -0.39 is 0 Å². The van der Waals surface area contributed by atoms with Crippen LogP contribution < -0.4 is 5.32 Å². The van der Waals surface area contributed by atoms with Gasteiger partial charge in [0, 0.05) is 13.5 Å². The van der Waals surface area contributed by atoms with Crippen LogP contribution in [0.3, 0.4) is 0 Å². The number of hydrogen-bond acceptors (Lipinski definition) is 2. The van der Waals surface area contributed by atoms with E-state index in [1.807, 2.05) is 0 Å². The van der Waals surface area contributed by atoms with Crippen molar-refractivity contribution in [1.29, 1.82) is 0 Å². The first kappa shape index (κ1) is 11.0. The summed E-state index contributed by atoms with van der Waals surface area (Å²) in [5, 5.41) is 2.58. The molecule has 0 aromatic carbocycles. The number of ether oxygens (including phenoxy) is 1. The van der Waals surface area contributed by atoms with Crippen LogP contribution in [-0.4, -0.2) is 19.6 Å². The topological polar surface area (TPSA) is 38.3 Å². The highest BCUT2D eigenvalue weighted by atomic mass is 16.5. The van der Waals surface area contributed by atoms with Gasteiger partial charge in [-0.25, -0.2) is 0 Å². The molecule has 70 valence electrons. The van der Waals surface area contributed by atoms with Gasteiger partial charge in [0.05, 0.1) is 12.9 Å². The summed E-state index contributed by atoms with van der Waals surface area (Å²) in [7, 11) is 1.66. The van der Waals surface area contributed by atoms with Gasteiger partial charge >= 0.3 is 0 Å². The van der Waals surface area contributed by atoms with Crippen molar-refractivity contribution in [3.05, 3.63) is 12.8 Å². The zero-order chi connectivity index (χ0) is 9.23. The van der Waals surface area contributed by atoms with Gasteiger partial charge in [0.1, 0.15) is 0 Å². The van der Waals surface area contributed by atoms with Gasteiger partial charge in [-0.15, -0.1) is 0 Å². The molecule has 0 bridgehead atoms. The monoisotopic (exact) mass is 171 g/mol. The average molecular weight is 171 g/mol. The fourth-order valence-electron chi connectivity index (χ4n) is 0.856. The molecule has 0 unspecified atom stereocenters. The quantitative estimate of drug-likeness (QED) is 0.465. The molecule has 0 fully saturated rings. The molecular formula is C9H17NO2. The molecule has 1 N–H and O–H groups in total. The van der Waals surface area contributed by atoms with E-state index >= 15 is 0 Å². The molecule has 3 nitrogen and oxygen atoms in total. The van der Waals surface area contributed by atoms with Crippen LogP contribution in [0.25, 0.3) is 0 Å². The molecule has 0 radical (unpaired) electrons. The third kappa shape index (κ3) is 7.12. The lowest BCUT2D eigenvalue weighted by Gasteiger charge is -2.00. The molecule has 12 heavy (non-hydrogen) atoms. The number of unbranched alkanes of at least 4 members (excludes halogenated alkanes) is 2. The minimum Gasteiger partial charge on any atom is -0.502 e. The van der Waals surface area contributed by atoms with Crippen LogP contribution in [0.4, 0.5) is 0 Å². The molecule has 0 saturated heterocycles. The van der Waals surface area contributed by atoms with Gasteiger partial charge in [-0.05, 0) is 19.3 Å². The summed E-state index contributed by atoms with van der Waals surface area (Å²) in [5.41, 5.74) is 0. The highest BCUT2D eigenvalue weighted by Crippen LogP contribution is 1.99. The molecular weight excluding hydrogens is 154 g/mol. The molecule has 0 aromatic rings. The van der Waals surface area contributed by atoms with Gasteiger partial charge in [-0.3, -0.25) is 4.79 Å². The van der Waals surface area contributed by atoms with E-state index in [9.17, 15) is 4.79 Å². The third-order valence-corrected chi connectivity index (χ3v) is 1.56. The van der Waals surface area contributed by atoms with E-state index in [-0.39, 0.29) is 5.91 Å². The number of rotatable bonds is 7. The lowest BCUT2D eigenvalue weighted by Crippen LogP contribution is -2.16. The highest BCUT2D eigenvalue weighted by molar-refractivity contribution is 5.75. The summed E-state index contributed by atoms with van der Waals surface area (Å²) in [5.74, 6) is 0.111. The summed E-state index contributed by atoms with van der Waals surface area (Å²) in [4.78, 5) is 10.7. The van der Waals surface area contributed by atoms with Crippen molar-refractivity contribution in [2.75, 3.05) is 13.7 Å². The van der Waals surface area contributed by atoms with Gasteiger partial charge in [0.15, 0.2) is 0 Å². The maximum absolute atomic E-state index is 10.7. The van der Waals surface area contributed by atoms with Gasteiger partial charge in [-0.1, -0.05) is 6.58 Å². The zero-order valence-electron chi connectivity index (χ0n) is 7.64. The van der Waals surface area contributed by atoms with Crippen LogP contribution in [0.15, 0.2) is 12.8 Å². The Hall–Kier alpha value is -0.990. The SMILES string of the molecule is C=COCCCCCC(=O)NC. The summed E-state index contributed by atoms with van der Waals surface area (Å²) >= 11 is 0. The van der Waals surface area contributed by atoms with Crippen LogP contribution in [-0.2, 0) is 9.53 Å². The lowest BCUT2D eigenvalue weighted by atomic mass is 10.2. The van der Waals surface area contributed by atoms with Crippen LogP contribution in [0.5, 0.6) is 0 Å². The number of carbonyl (C=O) groups excluding carboxylic acids is 1. The Kier molecular flexibility index (Phi) is 7.44. The van der Waals surface area contributed by atoms with E-state index in [0.717, 1.165) is 19.3 Å². The van der Waals surface area contributed by atoms with E-state index in [0.29, 0.717) is 13.0 Å². The Morgan fingerprint density at radius 3 is 2.83 bits per heavy atom. The molecule has 0 atom stereocenters. The van der Waals surface area contributed by atoms with E-state index in [1.165, 1.54) is 6.26 Å². The second-order valence-corrected chi connectivity index (χ2v) is 2.52. The van der Waals surface area contributed by atoms with Crippen LogP contribution >= 0.6 is 0 Å². The Bertz CT molecular complexity index is 134. The van der Waals surface area contributed by atoms with Gasteiger partial charge in [0.2, 0.25) is 5.91 Å². The molecule has 0 aliphatic heterocycles. The largest absolute Gasteiger partial charge is 0.502 e. The van der Waals surface area contributed by atoms with Gasteiger partial charge in [-0.2, -0.15) is 0 Å². The van der Waals surface area contributed by atoms with Gasteiger partial charge in [0.25, 0.3) is 0 Å². The fourth-order valence-corrected chi connectivity index (χ4v) is 0.856. The molecule has 0 aliphatic rings. The summed E-state index contributed by atoms with van der Waals surface area (Å²) < 4.78 is 4.93. The molecule has 1 amide bonds. The van der Waals surface area contributed by atoms with Crippen molar-refractivity contribution >= 4 is 5.91 Å².